The van der Waals surface area contributed by atoms with Gasteiger partial charge in [0, 0.05) is 18.7 Å². The van der Waals surface area contributed by atoms with E-state index < -0.39 is 0 Å². The fourth-order valence-corrected chi connectivity index (χ4v) is 3.97. The Hall–Kier alpha value is -2.25. The van der Waals surface area contributed by atoms with Crippen LogP contribution in [0.1, 0.15) is 46.0 Å². The molecule has 4 rings (SSSR count). The predicted molar refractivity (Wildman–Crippen MR) is 97.3 cm³/mol. The number of hydrogen-bond acceptors (Lipinski definition) is 6. The van der Waals surface area contributed by atoms with E-state index in [0.717, 1.165) is 24.2 Å². The average Bonchev–Trinajstić information content (AvgIpc) is 2.96. The number of rotatable bonds is 4. The van der Waals surface area contributed by atoms with Crippen LogP contribution in [-0.2, 0) is 16.1 Å². The molecule has 1 amide bonds. The lowest BCUT2D eigenvalue weighted by molar-refractivity contribution is -0.188. The highest BCUT2D eigenvalue weighted by atomic mass is 16.5. The van der Waals surface area contributed by atoms with Crippen molar-refractivity contribution in [1.29, 1.82) is 0 Å². The highest BCUT2D eigenvalue weighted by Gasteiger charge is 2.50. The zero-order valence-corrected chi connectivity index (χ0v) is 16.0. The van der Waals surface area contributed by atoms with Crippen LogP contribution in [0.3, 0.4) is 0 Å². The number of pyridine rings is 1. The fraction of sp³-hybridized carbons (Fsp3) is 0.550. The Kier molecular flexibility index (Phi) is 4.74. The van der Waals surface area contributed by atoms with Crippen molar-refractivity contribution in [2.24, 2.45) is 0 Å². The van der Waals surface area contributed by atoms with Gasteiger partial charge in [-0.15, -0.1) is 0 Å². The maximum atomic E-state index is 12.7. The molecule has 2 saturated heterocycles. The van der Waals surface area contributed by atoms with Gasteiger partial charge in [0.1, 0.15) is 16.9 Å². The number of ether oxygens (including phenoxy) is 2. The van der Waals surface area contributed by atoms with E-state index in [1.807, 2.05) is 25.1 Å². The molecular weight excluding hydrogens is 346 g/mol. The van der Waals surface area contributed by atoms with Crippen LogP contribution in [0.15, 0.2) is 22.7 Å². The molecule has 0 N–H and O–H groups in total. The Bertz CT molecular complexity index is 822. The Morgan fingerprint density at radius 1 is 1.33 bits per heavy atom. The summed E-state index contributed by atoms with van der Waals surface area (Å²) in [6.07, 6.45) is 1.78. The van der Waals surface area contributed by atoms with Crippen LogP contribution < -0.4 is 0 Å². The Morgan fingerprint density at radius 3 is 2.85 bits per heavy atom. The monoisotopic (exact) mass is 371 g/mol. The zero-order chi connectivity index (χ0) is 19.0. The van der Waals surface area contributed by atoms with E-state index in [9.17, 15) is 4.79 Å². The van der Waals surface area contributed by atoms with Crippen LogP contribution in [0.4, 0.5) is 0 Å². The summed E-state index contributed by atoms with van der Waals surface area (Å²) in [4.78, 5) is 19.0. The van der Waals surface area contributed by atoms with E-state index in [1.165, 1.54) is 0 Å². The Balaban J connectivity index is 1.33. The van der Waals surface area contributed by atoms with Gasteiger partial charge in [-0.25, -0.2) is 0 Å². The van der Waals surface area contributed by atoms with Crippen molar-refractivity contribution in [2.75, 3.05) is 19.7 Å². The third-order valence-corrected chi connectivity index (χ3v) is 5.35. The normalized spacial score (nSPS) is 21.3. The lowest BCUT2D eigenvalue weighted by Gasteiger charge is -2.52. The van der Waals surface area contributed by atoms with Gasteiger partial charge in [0.2, 0.25) is 0 Å². The molecule has 0 unspecified atom stereocenters. The van der Waals surface area contributed by atoms with Crippen molar-refractivity contribution in [3.8, 4) is 0 Å². The molecule has 2 aliphatic heterocycles. The average molecular weight is 371 g/mol. The SMILES string of the molecule is Cc1cccc(CO[C@H]2CCOC3(C2)CN(C(=O)c2c(C)noc2C)C3)n1. The zero-order valence-electron chi connectivity index (χ0n) is 16.0. The minimum absolute atomic E-state index is 0.0347. The molecule has 7 heteroatoms. The van der Waals surface area contributed by atoms with Crippen molar-refractivity contribution in [2.45, 2.75) is 51.9 Å². The van der Waals surface area contributed by atoms with Gasteiger partial charge >= 0.3 is 0 Å². The van der Waals surface area contributed by atoms with Crippen LogP contribution in [-0.4, -0.2) is 52.3 Å². The smallest absolute Gasteiger partial charge is 0.259 e. The molecule has 2 aliphatic rings. The number of carbonyl (C=O) groups excluding carboxylic acids is 1. The third-order valence-electron chi connectivity index (χ3n) is 5.35. The first-order chi connectivity index (χ1) is 13.0. The predicted octanol–water partition coefficient (Wildman–Crippen LogP) is 2.59. The molecule has 2 aromatic rings. The summed E-state index contributed by atoms with van der Waals surface area (Å²) >= 11 is 0. The molecule has 0 bridgehead atoms. The van der Waals surface area contributed by atoms with Gasteiger partial charge in [0.25, 0.3) is 5.91 Å². The molecule has 1 spiro atoms. The van der Waals surface area contributed by atoms with E-state index in [-0.39, 0.29) is 17.6 Å². The molecule has 0 aliphatic carbocycles. The maximum absolute atomic E-state index is 12.7. The first-order valence-electron chi connectivity index (χ1n) is 9.36. The summed E-state index contributed by atoms with van der Waals surface area (Å²) in [6.45, 7) is 7.86. The second kappa shape index (κ2) is 7.05. The molecule has 27 heavy (non-hydrogen) atoms. The highest BCUT2D eigenvalue weighted by molar-refractivity contribution is 5.96. The molecule has 2 aromatic heterocycles. The van der Waals surface area contributed by atoms with Gasteiger partial charge in [-0.2, -0.15) is 0 Å². The molecule has 4 heterocycles. The minimum Gasteiger partial charge on any atom is -0.372 e. The molecule has 0 radical (unpaired) electrons. The van der Waals surface area contributed by atoms with E-state index in [4.69, 9.17) is 14.0 Å². The van der Waals surface area contributed by atoms with Gasteiger partial charge in [-0.05, 0) is 39.3 Å². The van der Waals surface area contributed by atoms with E-state index in [0.29, 0.717) is 43.3 Å². The van der Waals surface area contributed by atoms with Crippen molar-refractivity contribution >= 4 is 5.91 Å². The van der Waals surface area contributed by atoms with Crippen molar-refractivity contribution < 1.29 is 18.8 Å². The summed E-state index contributed by atoms with van der Waals surface area (Å²) in [5.74, 6) is 0.530. The molecule has 144 valence electrons. The Morgan fingerprint density at radius 2 is 2.15 bits per heavy atom. The molecule has 1 atom stereocenters. The first-order valence-corrected chi connectivity index (χ1v) is 9.36. The maximum Gasteiger partial charge on any atom is 0.259 e. The molecule has 0 saturated carbocycles. The second-order valence-electron chi connectivity index (χ2n) is 7.59. The van der Waals surface area contributed by atoms with Gasteiger partial charge in [-0.1, -0.05) is 11.2 Å². The number of amides is 1. The van der Waals surface area contributed by atoms with Gasteiger partial charge in [0.05, 0.1) is 37.2 Å². The number of nitrogens with zero attached hydrogens (tertiary/aromatic N) is 3. The number of hydrogen-bond donors (Lipinski definition) is 0. The van der Waals surface area contributed by atoms with Crippen LogP contribution in [0, 0.1) is 20.8 Å². The molecule has 2 fully saturated rings. The second-order valence-corrected chi connectivity index (χ2v) is 7.59. The van der Waals surface area contributed by atoms with Crippen LogP contribution in [0.5, 0.6) is 0 Å². The summed E-state index contributed by atoms with van der Waals surface area (Å²) in [7, 11) is 0. The van der Waals surface area contributed by atoms with Crippen LogP contribution >= 0.6 is 0 Å². The number of carbonyl (C=O) groups is 1. The number of aromatic nitrogens is 2. The summed E-state index contributed by atoms with van der Waals surface area (Å²) in [5, 5.41) is 3.87. The largest absolute Gasteiger partial charge is 0.372 e. The third kappa shape index (κ3) is 3.61. The number of likely N-dealkylation sites (tertiary alicyclic amines) is 1. The molecular formula is C20H25N3O4. The number of aryl methyl sites for hydroxylation is 3. The van der Waals surface area contributed by atoms with Crippen molar-refractivity contribution in [3.63, 3.8) is 0 Å². The first kappa shape index (κ1) is 18.1. The lowest BCUT2D eigenvalue weighted by Crippen LogP contribution is -2.67. The van der Waals surface area contributed by atoms with Gasteiger partial charge in [-0.3, -0.25) is 9.78 Å². The van der Waals surface area contributed by atoms with E-state index in [2.05, 4.69) is 10.1 Å². The lowest BCUT2D eigenvalue weighted by atomic mass is 9.84. The summed E-state index contributed by atoms with van der Waals surface area (Å²) in [6, 6.07) is 5.96. The van der Waals surface area contributed by atoms with Crippen LogP contribution in [0.25, 0.3) is 0 Å². The van der Waals surface area contributed by atoms with E-state index >= 15 is 0 Å². The topological polar surface area (TPSA) is 77.7 Å². The van der Waals surface area contributed by atoms with Crippen molar-refractivity contribution in [3.05, 3.63) is 46.6 Å². The summed E-state index contributed by atoms with van der Waals surface area (Å²) < 4.78 is 17.2. The standard InChI is InChI=1S/C20H25N3O4/c1-13-5-4-6-16(21-13)10-25-17-7-8-26-20(9-17)11-23(12-20)19(24)18-14(2)22-27-15(18)3/h4-6,17H,7-12H2,1-3H3/t17-/m0/s1. The highest BCUT2D eigenvalue weighted by Crippen LogP contribution is 2.36. The summed E-state index contributed by atoms with van der Waals surface area (Å²) in [5.41, 5.74) is 2.85. The van der Waals surface area contributed by atoms with Gasteiger partial charge < -0.3 is 18.9 Å². The molecule has 0 aromatic carbocycles. The Labute approximate surface area is 158 Å². The van der Waals surface area contributed by atoms with Crippen LogP contribution in [0.2, 0.25) is 0 Å². The minimum atomic E-state index is -0.294. The molecule has 7 nitrogen and oxygen atoms in total. The fourth-order valence-electron chi connectivity index (χ4n) is 3.97. The quantitative estimate of drug-likeness (QED) is 0.822. The van der Waals surface area contributed by atoms with Gasteiger partial charge in [0.15, 0.2) is 0 Å². The van der Waals surface area contributed by atoms with Crippen molar-refractivity contribution in [1.82, 2.24) is 15.0 Å². The van der Waals surface area contributed by atoms with E-state index in [1.54, 1.807) is 18.7 Å².